The number of benzene rings is 1. The molecule has 1 unspecified atom stereocenters. The van der Waals surface area contributed by atoms with Crippen LogP contribution in [0.2, 0.25) is 0 Å². The molecule has 6 heteroatoms. The van der Waals surface area contributed by atoms with E-state index in [1.807, 2.05) is 42.2 Å². The van der Waals surface area contributed by atoms with Crippen molar-refractivity contribution in [3.63, 3.8) is 0 Å². The van der Waals surface area contributed by atoms with Crippen LogP contribution < -0.4 is 5.32 Å². The predicted molar refractivity (Wildman–Crippen MR) is 94.0 cm³/mol. The number of hydrogen-bond acceptors (Lipinski definition) is 4. The molecule has 1 saturated heterocycles. The van der Waals surface area contributed by atoms with Crippen LogP contribution >= 0.6 is 11.3 Å². The molecule has 126 valence electrons. The van der Waals surface area contributed by atoms with Gasteiger partial charge < -0.3 is 10.2 Å². The molecule has 0 saturated carbocycles. The molecule has 1 atom stereocenters. The highest BCUT2D eigenvalue weighted by Gasteiger charge is 2.26. The Bertz CT molecular complexity index is 714. The van der Waals surface area contributed by atoms with E-state index in [-0.39, 0.29) is 17.9 Å². The number of nitrogens with zero attached hydrogens (tertiary/aromatic N) is 2. The molecular weight excluding hydrogens is 322 g/mol. The zero-order chi connectivity index (χ0) is 16.9. The number of amides is 2. The maximum absolute atomic E-state index is 12.6. The molecule has 1 aromatic carbocycles. The van der Waals surface area contributed by atoms with Crippen LogP contribution in [0.1, 0.15) is 46.0 Å². The van der Waals surface area contributed by atoms with Crippen LogP contribution in [0, 0.1) is 0 Å². The zero-order valence-corrected chi connectivity index (χ0v) is 14.5. The normalized spacial score (nSPS) is 15.5. The van der Waals surface area contributed by atoms with Crippen molar-refractivity contribution >= 4 is 23.2 Å². The third-order valence-corrected chi connectivity index (χ3v) is 5.30. The highest BCUT2D eigenvalue weighted by atomic mass is 32.1. The van der Waals surface area contributed by atoms with Crippen molar-refractivity contribution in [2.24, 2.45) is 0 Å². The van der Waals surface area contributed by atoms with E-state index in [0.29, 0.717) is 17.8 Å². The van der Waals surface area contributed by atoms with Crippen LogP contribution in [-0.2, 0) is 11.2 Å². The minimum atomic E-state index is -0.215. The third kappa shape index (κ3) is 3.82. The fourth-order valence-corrected chi connectivity index (χ4v) is 3.61. The summed E-state index contributed by atoms with van der Waals surface area (Å²) >= 11 is 1.42. The first-order chi connectivity index (χ1) is 11.7. The van der Waals surface area contributed by atoms with Crippen LogP contribution in [0.5, 0.6) is 0 Å². The van der Waals surface area contributed by atoms with Crippen molar-refractivity contribution in [3.05, 3.63) is 52.0 Å². The molecule has 1 N–H and O–H groups in total. The van der Waals surface area contributed by atoms with Gasteiger partial charge in [-0.2, -0.15) is 0 Å². The van der Waals surface area contributed by atoms with Crippen LogP contribution in [0.15, 0.2) is 36.5 Å². The van der Waals surface area contributed by atoms with Crippen LogP contribution in [0.4, 0.5) is 0 Å². The lowest BCUT2D eigenvalue weighted by atomic mass is 10.1. The molecule has 1 fully saturated rings. The second kappa shape index (κ2) is 7.57. The van der Waals surface area contributed by atoms with E-state index in [0.717, 1.165) is 30.0 Å². The summed E-state index contributed by atoms with van der Waals surface area (Å²) in [4.78, 5) is 31.2. The highest BCUT2D eigenvalue weighted by Crippen LogP contribution is 2.20. The number of hydrogen-bond donors (Lipinski definition) is 1. The summed E-state index contributed by atoms with van der Waals surface area (Å²) in [5.74, 6) is 0.0314. The smallest absolute Gasteiger partial charge is 0.263 e. The molecule has 2 amide bonds. The van der Waals surface area contributed by atoms with Crippen LogP contribution in [0.3, 0.4) is 0 Å². The molecular formula is C18H21N3O2S. The van der Waals surface area contributed by atoms with Gasteiger partial charge in [-0.3, -0.25) is 9.59 Å². The van der Waals surface area contributed by atoms with E-state index in [9.17, 15) is 9.59 Å². The van der Waals surface area contributed by atoms with E-state index in [1.54, 1.807) is 6.20 Å². The molecule has 24 heavy (non-hydrogen) atoms. The SMILES string of the molecule is CCc1ncc(C(=O)NC(CN2CCCC2=O)c2ccccc2)s1. The number of carbonyl (C=O) groups excluding carboxylic acids is 2. The van der Waals surface area contributed by atoms with Gasteiger partial charge in [-0.15, -0.1) is 11.3 Å². The highest BCUT2D eigenvalue weighted by molar-refractivity contribution is 7.13. The average Bonchev–Trinajstić information content (AvgIpc) is 3.24. The summed E-state index contributed by atoms with van der Waals surface area (Å²) in [6.07, 6.45) is 3.94. The Morgan fingerprint density at radius 2 is 2.17 bits per heavy atom. The quantitative estimate of drug-likeness (QED) is 0.877. The number of carbonyl (C=O) groups is 2. The zero-order valence-electron chi connectivity index (χ0n) is 13.7. The van der Waals surface area contributed by atoms with Gasteiger partial charge in [0.2, 0.25) is 5.91 Å². The first kappa shape index (κ1) is 16.6. The fourth-order valence-electron chi connectivity index (χ4n) is 2.85. The van der Waals surface area contributed by atoms with Gasteiger partial charge in [0.25, 0.3) is 5.91 Å². The lowest BCUT2D eigenvalue weighted by Gasteiger charge is -2.25. The Balaban J connectivity index is 1.76. The van der Waals surface area contributed by atoms with Crippen molar-refractivity contribution in [2.45, 2.75) is 32.2 Å². The lowest BCUT2D eigenvalue weighted by molar-refractivity contribution is -0.128. The number of aromatic nitrogens is 1. The third-order valence-electron chi connectivity index (χ3n) is 4.16. The van der Waals surface area contributed by atoms with Gasteiger partial charge in [-0.05, 0) is 18.4 Å². The lowest BCUT2D eigenvalue weighted by Crippen LogP contribution is -2.38. The Labute approximate surface area is 145 Å². The predicted octanol–water partition coefficient (Wildman–Crippen LogP) is 2.80. The van der Waals surface area contributed by atoms with Crippen molar-refractivity contribution in [2.75, 3.05) is 13.1 Å². The summed E-state index contributed by atoms with van der Waals surface area (Å²) in [6.45, 7) is 3.29. The average molecular weight is 343 g/mol. The second-order valence-electron chi connectivity index (χ2n) is 5.85. The van der Waals surface area contributed by atoms with Crippen molar-refractivity contribution < 1.29 is 9.59 Å². The van der Waals surface area contributed by atoms with Gasteiger partial charge in [-0.1, -0.05) is 37.3 Å². The number of nitrogens with one attached hydrogen (secondary N) is 1. The molecule has 0 bridgehead atoms. The van der Waals surface area contributed by atoms with Crippen LogP contribution in [-0.4, -0.2) is 34.8 Å². The number of likely N-dealkylation sites (tertiary alicyclic amines) is 1. The molecule has 3 rings (SSSR count). The minimum Gasteiger partial charge on any atom is -0.343 e. The molecule has 0 aliphatic carbocycles. The van der Waals surface area contributed by atoms with Crippen molar-refractivity contribution in [3.8, 4) is 0 Å². The topological polar surface area (TPSA) is 62.3 Å². The Morgan fingerprint density at radius 3 is 2.79 bits per heavy atom. The Morgan fingerprint density at radius 1 is 1.38 bits per heavy atom. The Kier molecular flexibility index (Phi) is 5.25. The fraction of sp³-hybridized carbons (Fsp3) is 0.389. The summed E-state index contributed by atoms with van der Waals surface area (Å²) < 4.78 is 0. The molecule has 1 aromatic heterocycles. The molecule has 1 aliphatic heterocycles. The first-order valence-electron chi connectivity index (χ1n) is 8.25. The molecule has 2 heterocycles. The molecule has 0 spiro atoms. The number of aryl methyl sites for hydroxylation is 1. The van der Waals surface area contributed by atoms with E-state index >= 15 is 0 Å². The van der Waals surface area contributed by atoms with Crippen LogP contribution in [0.25, 0.3) is 0 Å². The molecule has 5 nitrogen and oxygen atoms in total. The maximum atomic E-state index is 12.6. The standard InChI is InChI=1S/C18H21N3O2S/c1-2-16-19-11-15(24-16)18(23)20-14(13-7-4-3-5-8-13)12-21-10-6-9-17(21)22/h3-5,7-8,11,14H,2,6,9-10,12H2,1H3,(H,20,23). The number of thiazole rings is 1. The van der Waals surface area contributed by atoms with E-state index in [4.69, 9.17) is 0 Å². The van der Waals surface area contributed by atoms with Gasteiger partial charge in [0, 0.05) is 19.5 Å². The monoisotopic (exact) mass is 343 g/mol. The number of rotatable bonds is 6. The molecule has 0 radical (unpaired) electrons. The van der Waals surface area contributed by atoms with Gasteiger partial charge in [-0.25, -0.2) is 4.98 Å². The summed E-state index contributed by atoms with van der Waals surface area (Å²) in [6, 6.07) is 9.59. The van der Waals surface area contributed by atoms with Crippen molar-refractivity contribution in [1.29, 1.82) is 0 Å². The van der Waals surface area contributed by atoms with Gasteiger partial charge in [0.1, 0.15) is 4.88 Å². The summed E-state index contributed by atoms with van der Waals surface area (Å²) in [7, 11) is 0. The maximum Gasteiger partial charge on any atom is 0.263 e. The summed E-state index contributed by atoms with van der Waals surface area (Å²) in [5, 5.41) is 4.02. The minimum absolute atomic E-state index is 0.132. The first-order valence-corrected chi connectivity index (χ1v) is 9.07. The van der Waals surface area contributed by atoms with Crippen molar-refractivity contribution in [1.82, 2.24) is 15.2 Å². The van der Waals surface area contributed by atoms with E-state index < -0.39 is 0 Å². The summed E-state index contributed by atoms with van der Waals surface area (Å²) in [5.41, 5.74) is 1.01. The Hall–Kier alpha value is -2.21. The largest absolute Gasteiger partial charge is 0.343 e. The molecule has 1 aliphatic rings. The second-order valence-corrected chi connectivity index (χ2v) is 6.97. The van der Waals surface area contributed by atoms with Gasteiger partial charge in [0.05, 0.1) is 17.2 Å². The van der Waals surface area contributed by atoms with E-state index in [1.165, 1.54) is 11.3 Å². The van der Waals surface area contributed by atoms with E-state index in [2.05, 4.69) is 10.3 Å². The molecule has 2 aromatic rings. The van der Waals surface area contributed by atoms with Gasteiger partial charge in [0.15, 0.2) is 0 Å². The van der Waals surface area contributed by atoms with Gasteiger partial charge >= 0.3 is 0 Å².